The zero-order chi connectivity index (χ0) is 16.3. The first-order valence-corrected chi connectivity index (χ1v) is 7.59. The van der Waals surface area contributed by atoms with Gasteiger partial charge in [0.2, 0.25) is 0 Å². The molecule has 0 bridgehead atoms. The van der Waals surface area contributed by atoms with Crippen LogP contribution in [0, 0.1) is 11.8 Å². The van der Waals surface area contributed by atoms with E-state index < -0.39 is 24.5 Å². The molecule has 8 heteroatoms. The molecule has 1 aliphatic heterocycles. The van der Waals surface area contributed by atoms with Gasteiger partial charge in [-0.2, -0.15) is 13.2 Å². The average Bonchev–Trinajstić information content (AvgIpc) is 2.85. The highest BCUT2D eigenvalue weighted by molar-refractivity contribution is 5.75. The third-order valence-corrected chi connectivity index (χ3v) is 4.50. The van der Waals surface area contributed by atoms with Crippen LogP contribution in [0.15, 0.2) is 0 Å². The van der Waals surface area contributed by atoms with Gasteiger partial charge in [-0.1, -0.05) is 0 Å². The summed E-state index contributed by atoms with van der Waals surface area (Å²) in [6.45, 7) is 0.479. The Kier molecular flexibility index (Phi) is 5.18. The maximum absolute atomic E-state index is 12.3. The molecule has 2 aliphatic rings. The highest BCUT2D eigenvalue weighted by atomic mass is 19.4. The molecule has 1 saturated heterocycles. The fourth-order valence-electron chi connectivity index (χ4n) is 3.26. The first-order valence-electron chi connectivity index (χ1n) is 7.59. The summed E-state index contributed by atoms with van der Waals surface area (Å²) in [6, 6.07) is -0.409. The van der Waals surface area contributed by atoms with Crippen LogP contribution in [0.4, 0.5) is 18.0 Å². The van der Waals surface area contributed by atoms with Gasteiger partial charge in [-0.25, -0.2) is 4.79 Å². The lowest BCUT2D eigenvalue weighted by atomic mass is 9.86. The Bertz CT molecular complexity index is 420. The van der Waals surface area contributed by atoms with E-state index in [1.165, 1.54) is 4.90 Å². The Morgan fingerprint density at radius 2 is 1.77 bits per heavy atom. The number of likely N-dealkylation sites (tertiary alicyclic amines) is 1. The van der Waals surface area contributed by atoms with E-state index in [2.05, 4.69) is 5.32 Å². The molecule has 0 aromatic carbocycles. The maximum Gasteiger partial charge on any atom is 0.389 e. The fourth-order valence-corrected chi connectivity index (χ4v) is 3.26. The molecular formula is C14H21F3N2O3. The molecule has 0 aromatic heterocycles. The topological polar surface area (TPSA) is 69.6 Å². The molecule has 126 valence electrons. The largest absolute Gasteiger partial charge is 0.481 e. The number of carbonyl (C=O) groups is 2. The third-order valence-electron chi connectivity index (χ3n) is 4.50. The number of aliphatic carboxylic acids is 1. The summed E-state index contributed by atoms with van der Waals surface area (Å²) in [7, 11) is 0. The number of nitrogens with one attached hydrogen (secondary N) is 1. The standard InChI is InChI=1S/C14H21F3N2O3/c15-14(16,17)7-9-5-6-19(8-9)13(22)18-11-3-1-10(2-4-11)12(20)21/h9-11H,1-8H2,(H,18,22)(H,20,21). The molecule has 22 heavy (non-hydrogen) atoms. The molecule has 0 radical (unpaired) electrons. The Labute approximate surface area is 126 Å². The number of alkyl halides is 3. The number of carboxylic acids is 1. The summed E-state index contributed by atoms with van der Waals surface area (Å²) < 4.78 is 37.0. The molecule has 5 nitrogen and oxygen atoms in total. The Balaban J connectivity index is 1.74. The van der Waals surface area contributed by atoms with Crippen LogP contribution < -0.4 is 5.32 Å². The van der Waals surface area contributed by atoms with E-state index in [4.69, 9.17) is 5.11 Å². The lowest BCUT2D eigenvalue weighted by molar-refractivity contribution is -0.144. The van der Waals surface area contributed by atoms with Gasteiger partial charge in [0.1, 0.15) is 0 Å². The molecule has 2 amide bonds. The summed E-state index contributed by atoms with van der Waals surface area (Å²) in [6.07, 6.45) is -2.41. The number of halogens is 3. The van der Waals surface area contributed by atoms with Crippen molar-refractivity contribution in [3.8, 4) is 0 Å². The lowest BCUT2D eigenvalue weighted by Gasteiger charge is -2.28. The first kappa shape index (κ1) is 16.9. The average molecular weight is 322 g/mol. The predicted molar refractivity (Wildman–Crippen MR) is 72.3 cm³/mol. The van der Waals surface area contributed by atoms with E-state index >= 15 is 0 Å². The van der Waals surface area contributed by atoms with Crippen LogP contribution in [-0.2, 0) is 4.79 Å². The number of carbonyl (C=O) groups excluding carboxylic acids is 1. The molecule has 2 N–H and O–H groups in total. The Morgan fingerprint density at radius 3 is 2.32 bits per heavy atom. The number of amides is 2. The SMILES string of the molecule is O=C(O)C1CCC(NC(=O)N2CCC(CC(F)(F)F)C2)CC1. The van der Waals surface area contributed by atoms with Gasteiger partial charge in [0.25, 0.3) is 0 Å². The van der Waals surface area contributed by atoms with Crippen LogP contribution in [0.1, 0.15) is 38.5 Å². The maximum atomic E-state index is 12.3. The number of rotatable bonds is 3. The Hall–Kier alpha value is -1.47. The van der Waals surface area contributed by atoms with Crippen molar-refractivity contribution in [3.05, 3.63) is 0 Å². The van der Waals surface area contributed by atoms with E-state index in [9.17, 15) is 22.8 Å². The van der Waals surface area contributed by atoms with Crippen molar-refractivity contribution >= 4 is 12.0 Å². The summed E-state index contributed by atoms with van der Waals surface area (Å²) in [4.78, 5) is 24.3. The molecule has 2 fully saturated rings. The van der Waals surface area contributed by atoms with Crippen molar-refractivity contribution in [1.29, 1.82) is 0 Å². The number of hydrogen-bond donors (Lipinski definition) is 2. The minimum absolute atomic E-state index is 0.0789. The molecule has 1 aliphatic carbocycles. The zero-order valence-electron chi connectivity index (χ0n) is 12.2. The molecule has 0 aromatic rings. The van der Waals surface area contributed by atoms with Gasteiger partial charge >= 0.3 is 18.2 Å². The van der Waals surface area contributed by atoms with Gasteiger partial charge in [0, 0.05) is 25.6 Å². The number of carboxylic acid groups (broad SMARTS) is 1. The number of urea groups is 1. The molecule has 0 spiro atoms. The quantitative estimate of drug-likeness (QED) is 0.839. The summed E-state index contributed by atoms with van der Waals surface area (Å²) >= 11 is 0. The molecule has 2 rings (SSSR count). The van der Waals surface area contributed by atoms with Crippen molar-refractivity contribution in [3.63, 3.8) is 0 Å². The monoisotopic (exact) mass is 322 g/mol. The van der Waals surface area contributed by atoms with Gasteiger partial charge in [-0.05, 0) is 38.0 Å². The lowest BCUT2D eigenvalue weighted by Crippen LogP contribution is -2.45. The minimum atomic E-state index is -4.19. The van der Waals surface area contributed by atoms with Crippen LogP contribution in [0.5, 0.6) is 0 Å². The van der Waals surface area contributed by atoms with E-state index in [-0.39, 0.29) is 24.5 Å². The van der Waals surface area contributed by atoms with Crippen molar-refractivity contribution in [2.75, 3.05) is 13.1 Å². The number of hydrogen-bond acceptors (Lipinski definition) is 2. The molecular weight excluding hydrogens is 301 g/mol. The normalized spacial score (nSPS) is 29.4. The van der Waals surface area contributed by atoms with Crippen molar-refractivity contribution in [1.82, 2.24) is 10.2 Å². The van der Waals surface area contributed by atoms with E-state index in [1.54, 1.807) is 0 Å². The zero-order valence-corrected chi connectivity index (χ0v) is 12.2. The highest BCUT2D eigenvalue weighted by Gasteiger charge is 2.37. The van der Waals surface area contributed by atoms with Crippen LogP contribution >= 0.6 is 0 Å². The Morgan fingerprint density at radius 1 is 1.14 bits per heavy atom. The molecule has 1 heterocycles. The van der Waals surface area contributed by atoms with E-state index in [0.29, 0.717) is 38.6 Å². The second-order valence-electron chi connectivity index (χ2n) is 6.26. The highest BCUT2D eigenvalue weighted by Crippen LogP contribution is 2.30. The van der Waals surface area contributed by atoms with Crippen LogP contribution in [-0.4, -0.2) is 47.3 Å². The molecule has 1 atom stereocenters. The van der Waals surface area contributed by atoms with Gasteiger partial charge in [0.15, 0.2) is 0 Å². The van der Waals surface area contributed by atoms with Gasteiger partial charge in [-0.3, -0.25) is 4.79 Å². The summed E-state index contributed by atoms with van der Waals surface area (Å²) in [5.41, 5.74) is 0. The van der Waals surface area contributed by atoms with Crippen LogP contribution in [0.3, 0.4) is 0 Å². The van der Waals surface area contributed by atoms with Crippen molar-refractivity contribution < 1.29 is 27.9 Å². The minimum Gasteiger partial charge on any atom is -0.481 e. The van der Waals surface area contributed by atoms with Crippen molar-refractivity contribution in [2.45, 2.75) is 50.7 Å². The van der Waals surface area contributed by atoms with Crippen molar-refractivity contribution in [2.24, 2.45) is 11.8 Å². The van der Waals surface area contributed by atoms with E-state index in [1.807, 2.05) is 0 Å². The number of nitrogens with zero attached hydrogens (tertiary/aromatic N) is 1. The van der Waals surface area contributed by atoms with Gasteiger partial charge in [-0.15, -0.1) is 0 Å². The van der Waals surface area contributed by atoms with Gasteiger partial charge < -0.3 is 15.3 Å². The smallest absolute Gasteiger partial charge is 0.389 e. The third kappa shape index (κ3) is 4.78. The van der Waals surface area contributed by atoms with Crippen LogP contribution in [0.25, 0.3) is 0 Å². The fraction of sp³-hybridized carbons (Fsp3) is 0.857. The molecule has 1 saturated carbocycles. The molecule has 1 unspecified atom stereocenters. The second-order valence-corrected chi connectivity index (χ2v) is 6.26. The first-order chi connectivity index (χ1) is 10.2. The van der Waals surface area contributed by atoms with Crippen LogP contribution in [0.2, 0.25) is 0 Å². The predicted octanol–water partition coefficient (Wildman–Crippen LogP) is 2.61. The summed E-state index contributed by atoms with van der Waals surface area (Å²) in [5, 5.41) is 11.7. The van der Waals surface area contributed by atoms with Gasteiger partial charge in [0.05, 0.1) is 5.92 Å². The second kappa shape index (κ2) is 6.75. The summed E-state index contributed by atoms with van der Waals surface area (Å²) in [5.74, 6) is -1.68. The van der Waals surface area contributed by atoms with E-state index in [0.717, 1.165) is 0 Å².